The highest BCUT2D eigenvalue weighted by Gasteiger charge is 2.26. The van der Waals surface area contributed by atoms with Crippen LogP contribution in [0, 0.1) is 0 Å². The number of fused-ring (bicyclic) bond motifs is 1. The number of ether oxygens (including phenoxy) is 2. The smallest absolute Gasteiger partial charge is 0.226 e. The van der Waals surface area contributed by atoms with Crippen LogP contribution in [0.25, 0.3) is 5.57 Å². The summed E-state index contributed by atoms with van der Waals surface area (Å²) in [5.41, 5.74) is 4.28. The Labute approximate surface area is 177 Å². The minimum Gasteiger partial charge on any atom is -0.497 e. The summed E-state index contributed by atoms with van der Waals surface area (Å²) in [6.45, 7) is 0.334. The number of rotatable bonds is 5. The molecule has 0 atom stereocenters. The Morgan fingerprint density at radius 3 is 2.54 bits per heavy atom. The molecule has 1 aliphatic carbocycles. The molecule has 0 bridgehead atoms. The molecule has 0 saturated heterocycles. The summed E-state index contributed by atoms with van der Waals surface area (Å²) in [4.78, 5) is 8.66. The van der Waals surface area contributed by atoms with Crippen molar-refractivity contribution < 1.29 is 9.47 Å². The SMILES string of the molecule is COc1ccc(COc2nc(Cl)nc3c2C(c2cccc(Cl)c2Cl)=CC3)cc1. The maximum atomic E-state index is 6.43. The highest BCUT2D eigenvalue weighted by molar-refractivity contribution is 6.43. The molecule has 1 heterocycles. The molecular formula is C21H15Cl3N2O2. The van der Waals surface area contributed by atoms with Gasteiger partial charge in [0.05, 0.1) is 28.4 Å². The van der Waals surface area contributed by atoms with Crippen LogP contribution < -0.4 is 9.47 Å². The molecule has 7 heteroatoms. The Kier molecular flexibility index (Phi) is 5.44. The van der Waals surface area contributed by atoms with Crippen LogP contribution in [0.1, 0.15) is 22.4 Å². The van der Waals surface area contributed by atoms with Crippen molar-refractivity contribution in [2.24, 2.45) is 0 Å². The average molecular weight is 434 g/mol. The molecule has 2 aromatic carbocycles. The maximum Gasteiger partial charge on any atom is 0.226 e. The summed E-state index contributed by atoms with van der Waals surface area (Å²) in [6, 6.07) is 13.2. The number of halogens is 3. The molecule has 28 heavy (non-hydrogen) atoms. The van der Waals surface area contributed by atoms with Crippen molar-refractivity contribution >= 4 is 40.4 Å². The zero-order valence-corrected chi connectivity index (χ0v) is 17.1. The summed E-state index contributed by atoms with van der Waals surface area (Å²) in [5.74, 6) is 1.21. The van der Waals surface area contributed by atoms with Gasteiger partial charge >= 0.3 is 0 Å². The van der Waals surface area contributed by atoms with Crippen LogP contribution in [0.4, 0.5) is 0 Å². The Bertz CT molecular complexity index is 1070. The normalized spacial score (nSPS) is 12.5. The first-order valence-corrected chi connectivity index (χ1v) is 9.67. The number of nitrogens with zero attached hydrogens (tertiary/aromatic N) is 2. The lowest BCUT2D eigenvalue weighted by molar-refractivity contribution is 0.292. The van der Waals surface area contributed by atoms with Crippen molar-refractivity contribution in [3.05, 3.63) is 86.3 Å². The second-order valence-corrected chi connectivity index (χ2v) is 7.30. The third kappa shape index (κ3) is 3.68. The van der Waals surface area contributed by atoms with E-state index < -0.39 is 0 Å². The van der Waals surface area contributed by atoms with E-state index in [1.165, 1.54) is 0 Å². The Hall–Kier alpha value is -2.27. The minimum atomic E-state index is 0.148. The van der Waals surface area contributed by atoms with Gasteiger partial charge in [0.1, 0.15) is 12.4 Å². The van der Waals surface area contributed by atoms with E-state index in [1.54, 1.807) is 13.2 Å². The van der Waals surface area contributed by atoms with Gasteiger partial charge in [0.2, 0.25) is 11.2 Å². The van der Waals surface area contributed by atoms with E-state index in [1.807, 2.05) is 42.5 Å². The summed E-state index contributed by atoms with van der Waals surface area (Å²) in [5, 5.41) is 1.12. The lowest BCUT2D eigenvalue weighted by atomic mass is 10.0. The number of hydrogen-bond acceptors (Lipinski definition) is 4. The van der Waals surface area contributed by atoms with Gasteiger partial charge in [-0.25, -0.2) is 4.98 Å². The van der Waals surface area contributed by atoms with Gasteiger partial charge in [0.15, 0.2) is 0 Å². The molecule has 1 aromatic heterocycles. The Balaban J connectivity index is 1.68. The summed E-state index contributed by atoms with van der Waals surface area (Å²) >= 11 is 18.7. The lowest BCUT2D eigenvalue weighted by Crippen LogP contribution is -2.04. The van der Waals surface area contributed by atoms with E-state index in [2.05, 4.69) is 9.97 Å². The van der Waals surface area contributed by atoms with Crippen LogP contribution in [0.15, 0.2) is 48.5 Å². The molecule has 3 aromatic rings. The Morgan fingerprint density at radius 2 is 1.79 bits per heavy atom. The van der Waals surface area contributed by atoms with E-state index in [-0.39, 0.29) is 5.28 Å². The molecule has 1 aliphatic rings. The first-order valence-electron chi connectivity index (χ1n) is 8.54. The van der Waals surface area contributed by atoms with Crippen molar-refractivity contribution in [2.75, 3.05) is 7.11 Å². The van der Waals surface area contributed by atoms with Crippen LogP contribution in [0.2, 0.25) is 15.3 Å². The van der Waals surface area contributed by atoms with Crippen molar-refractivity contribution in [3.8, 4) is 11.6 Å². The number of benzene rings is 2. The predicted molar refractivity (Wildman–Crippen MR) is 112 cm³/mol. The molecule has 0 spiro atoms. The van der Waals surface area contributed by atoms with Crippen molar-refractivity contribution in [1.29, 1.82) is 0 Å². The highest BCUT2D eigenvalue weighted by atomic mass is 35.5. The second-order valence-electron chi connectivity index (χ2n) is 6.18. The number of hydrogen-bond donors (Lipinski definition) is 0. The predicted octanol–water partition coefficient (Wildman–Crippen LogP) is 6.01. The van der Waals surface area contributed by atoms with Crippen LogP contribution in [0.3, 0.4) is 0 Å². The second kappa shape index (κ2) is 8.00. The van der Waals surface area contributed by atoms with E-state index in [4.69, 9.17) is 44.3 Å². The van der Waals surface area contributed by atoms with Gasteiger partial charge in [-0.2, -0.15) is 4.98 Å². The van der Waals surface area contributed by atoms with Gasteiger partial charge in [0.25, 0.3) is 0 Å². The fourth-order valence-electron chi connectivity index (χ4n) is 3.11. The molecule has 0 fully saturated rings. The largest absolute Gasteiger partial charge is 0.497 e. The maximum absolute atomic E-state index is 6.43. The average Bonchev–Trinajstić information content (AvgIpc) is 3.12. The van der Waals surface area contributed by atoms with Crippen molar-refractivity contribution in [1.82, 2.24) is 9.97 Å². The quantitative estimate of drug-likeness (QED) is 0.462. The molecular weight excluding hydrogens is 419 g/mol. The van der Waals surface area contributed by atoms with E-state index in [0.29, 0.717) is 29.0 Å². The number of allylic oxidation sites excluding steroid dienone is 1. The van der Waals surface area contributed by atoms with Crippen molar-refractivity contribution in [2.45, 2.75) is 13.0 Å². The van der Waals surface area contributed by atoms with E-state index in [0.717, 1.165) is 33.7 Å². The molecule has 0 aliphatic heterocycles. The Morgan fingerprint density at radius 1 is 1.00 bits per heavy atom. The molecule has 0 saturated carbocycles. The standard InChI is InChI=1S/C21H15Cl3N2O2/c1-27-13-7-5-12(6-8-13)11-28-20-18-14(9-10-17(18)25-21(24)26-20)15-3-2-4-16(22)19(15)23/h2-9H,10-11H2,1H3. The highest BCUT2D eigenvalue weighted by Crippen LogP contribution is 2.42. The van der Waals surface area contributed by atoms with Crippen LogP contribution >= 0.6 is 34.8 Å². The van der Waals surface area contributed by atoms with Crippen LogP contribution in [0.5, 0.6) is 11.6 Å². The minimum absolute atomic E-state index is 0.148. The molecule has 0 unspecified atom stereocenters. The fraction of sp³-hybridized carbons (Fsp3) is 0.143. The first-order chi connectivity index (χ1) is 13.6. The van der Waals surface area contributed by atoms with Gasteiger partial charge in [0, 0.05) is 12.0 Å². The van der Waals surface area contributed by atoms with Gasteiger partial charge in [-0.05, 0) is 40.9 Å². The summed E-state index contributed by atoms with van der Waals surface area (Å²) < 4.78 is 11.2. The summed E-state index contributed by atoms with van der Waals surface area (Å²) in [7, 11) is 1.63. The van der Waals surface area contributed by atoms with Crippen LogP contribution in [-0.2, 0) is 13.0 Å². The van der Waals surface area contributed by atoms with Gasteiger partial charge in [-0.15, -0.1) is 0 Å². The number of aromatic nitrogens is 2. The molecule has 0 radical (unpaired) electrons. The monoisotopic (exact) mass is 432 g/mol. The molecule has 0 amide bonds. The fourth-order valence-corrected chi connectivity index (χ4v) is 3.69. The van der Waals surface area contributed by atoms with Gasteiger partial charge in [-0.1, -0.05) is 53.5 Å². The van der Waals surface area contributed by atoms with Gasteiger partial charge in [-0.3, -0.25) is 0 Å². The van der Waals surface area contributed by atoms with E-state index >= 15 is 0 Å². The third-order valence-electron chi connectivity index (χ3n) is 4.47. The third-order valence-corrected chi connectivity index (χ3v) is 5.46. The molecule has 142 valence electrons. The number of methoxy groups -OCH3 is 1. The van der Waals surface area contributed by atoms with E-state index in [9.17, 15) is 0 Å². The zero-order valence-electron chi connectivity index (χ0n) is 14.9. The molecule has 4 rings (SSSR count). The zero-order chi connectivity index (χ0) is 19.7. The molecule has 4 nitrogen and oxygen atoms in total. The first kappa shape index (κ1) is 19.1. The topological polar surface area (TPSA) is 44.2 Å². The molecule has 0 N–H and O–H groups in total. The summed E-state index contributed by atoms with van der Waals surface area (Å²) in [6.07, 6.45) is 2.65. The van der Waals surface area contributed by atoms with Crippen LogP contribution in [-0.4, -0.2) is 17.1 Å². The van der Waals surface area contributed by atoms with Crippen molar-refractivity contribution in [3.63, 3.8) is 0 Å². The van der Waals surface area contributed by atoms with Gasteiger partial charge < -0.3 is 9.47 Å². The lowest BCUT2D eigenvalue weighted by Gasteiger charge is -2.14.